The Bertz CT molecular complexity index is 795. The summed E-state index contributed by atoms with van der Waals surface area (Å²) in [6.45, 7) is 8.29. The van der Waals surface area contributed by atoms with Crippen LogP contribution in [-0.2, 0) is 0 Å². The molecule has 0 spiro atoms. The lowest BCUT2D eigenvalue weighted by molar-refractivity contribution is 0.881. The Morgan fingerprint density at radius 1 is 1.05 bits per heavy atom. The largest absolute Gasteiger partial charge is 0.295 e. The molecule has 0 aliphatic heterocycles. The second-order valence-electron chi connectivity index (χ2n) is 5.71. The maximum absolute atomic E-state index is 6.38. The maximum atomic E-state index is 6.38. The molecule has 0 radical (unpaired) electrons. The van der Waals surface area contributed by atoms with E-state index in [9.17, 15) is 0 Å². The first-order chi connectivity index (χ1) is 9.97. The van der Waals surface area contributed by atoms with Crippen LogP contribution in [0.2, 0.25) is 0 Å². The summed E-state index contributed by atoms with van der Waals surface area (Å²) in [6, 6.07) is 12.8. The predicted octanol–water partition coefficient (Wildman–Crippen LogP) is 5.25. The van der Waals surface area contributed by atoms with Gasteiger partial charge in [0.05, 0.1) is 16.4 Å². The number of hydrogen-bond donors (Lipinski definition) is 0. The summed E-state index contributed by atoms with van der Waals surface area (Å²) in [5.41, 5.74) is 6.93. The Morgan fingerprint density at radius 2 is 1.71 bits per heavy atom. The number of para-hydroxylation sites is 1. The molecule has 0 aliphatic rings. The number of halogens is 1. The highest BCUT2D eigenvalue weighted by Crippen LogP contribution is 2.30. The number of imidazole rings is 1. The molecule has 3 aromatic rings. The predicted molar refractivity (Wildman–Crippen MR) is 89.5 cm³/mol. The fourth-order valence-electron chi connectivity index (χ4n) is 2.88. The molecule has 1 aromatic heterocycles. The van der Waals surface area contributed by atoms with E-state index in [0.29, 0.717) is 0 Å². The Kier molecular flexibility index (Phi) is 3.50. The van der Waals surface area contributed by atoms with Crippen LogP contribution >= 0.6 is 11.6 Å². The van der Waals surface area contributed by atoms with Gasteiger partial charge < -0.3 is 0 Å². The fourth-order valence-corrected chi connectivity index (χ4v) is 3.02. The number of rotatable bonds is 2. The maximum Gasteiger partial charge on any atom is 0.132 e. The number of nitrogens with zero attached hydrogens (tertiary/aromatic N) is 2. The van der Waals surface area contributed by atoms with Crippen LogP contribution in [0.4, 0.5) is 0 Å². The molecule has 21 heavy (non-hydrogen) atoms. The van der Waals surface area contributed by atoms with Crippen LogP contribution in [0, 0.1) is 20.8 Å². The van der Waals surface area contributed by atoms with E-state index in [4.69, 9.17) is 16.6 Å². The Morgan fingerprint density at radius 3 is 2.33 bits per heavy atom. The van der Waals surface area contributed by atoms with Gasteiger partial charge in [-0.1, -0.05) is 18.2 Å². The van der Waals surface area contributed by atoms with Crippen molar-refractivity contribution in [3.63, 3.8) is 0 Å². The number of fused-ring (bicyclic) bond motifs is 1. The van der Waals surface area contributed by atoms with Gasteiger partial charge in [0.2, 0.25) is 0 Å². The van der Waals surface area contributed by atoms with Crippen molar-refractivity contribution < 1.29 is 0 Å². The zero-order valence-electron chi connectivity index (χ0n) is 12.8. The molecular weight excluding hydrogens is 280 g/mol. The summed E-state index contributed by atoms with van der Waals surface area (Å²) in [4.78, 5) is 4.78. The van der Waals surface area contributed by atoms with Crippen molar-refractivity contribution in [2.75, 3.05) is 0 Å². The van der Waals surface area contributed by atoms with Crippen LogP contribution in [0.3, 0.4) is 0 Å². The minimum atomic E-state index is -0.141. The van der Waals surface area contributed by atoms with Crippen molar-refractivity contribution >= 4 is 22.6 Å². The summed E-state index contributed by atoms with van der Waals surface area (Å²) >= 11 is 6.38. The molecule has 0 saturated carbocycles. The van der Waals surface area contributed by atoms with Gasteiger partial charge in [-0.3, -0.25) is 4.57 Å². The third-order valence-corrected chi connectivity index (χ3v) is 3.93. The monoisotopic (exact) mass is 298 g/mol. The van der Waals surface area contributed by atoms with Crippen molar-refractivity contribution in [2.24, 2.45) is 0 Å². The van der Waals surface area contributed by atoms with E-state index in [2.05, 4.69) is 61.7 Å². The third-order valence-electron chi connectivity index (χ3n) is 3.73. The van der Waals surface area contributed by atoms with Crippen LogP contribution in [0.5, 0.6) is 0 Å². The molecule has 3 rings (SSSR count). The van der Waals surface area contributed by atoms with E-state index >= 15 is 0 Å². The number of benzene rings is 2. The van der Waals surface area contributed by atoms with Gasteiger partial charge in [0.15, 0.2) is 0 Å². The van der Waals surface area contributed by atoms with Crippen LogP contribution in [0.25, 0.3) is 16.7 Å². The number of aromatic nitrogens is 2. The van der Waals surface area contributed by atoms with E-state index in [-0.39, 0.29) is 5.38 Å². The number of aryl methyl sites for hydroxylation is 3. The lowest BCUT2D eigenvalue weighted by Gasteiger charge is -2.12. The van der Waals surface area contributed by atoms with Crippen LogP contribution < -0.4 is 0 Å². The summed E-state index contributed by atoms with van der Waals surface area (Å²) in [6.07, 6.45) is 0. The second-order valence-corrected chi connectivity index (χ2v) is 6.36. The number of alkyl halides is 1. The van der Waals surface area contributed by atoms with Gasteiger partial charge in [0.1, 0.15) is 5.82 Å². The summed E-state index contributed by atoms with van der Waals surface area (Å²) in [5, 5.41) is -0.141. The fraction of sp³-hybridized carbons (Fsp3) is 0.278. The van der Waals surface area contributed by atoms with Crippen LogP contribution in [0.1, 0.15) is 34.8 Å². The smallest absolute Gasteiger partial charge is 0.132 e. The lowest BCUT2D eigenvalue weighted by Crippen LogP contribution is -2.02. The van der Waals surface area contributed by atoms with Crippen molar-refractivity contribution in [3.05, 3.63) is 58.9 Å². The zero-order valence-corrected chi connectivity index (χ0v) is 13.6. The molecule has 0 N–H and O–H groups in total. The van der Waals surface area contributed by atoms with Crippen molar-refractivity contribution in [2.45, 2.75) is 33.1 Å². The van der Waals surface area contributed by atoms with Crippen LogP contribution in [0.15, 0.2) is 36.4 Å². The first-order valence-corrected chi connectivity index (χ1v) is 7.61. The molecule has 1 unspecified atom stereocenters. The average molecular weight is 299 g/mol. The van der Waals surface area contributed by atoms with Gasteiger partial charge in [-0.05, 0) is 62.6 Å². The van der Waals surface area contributed by atoms with Gasteiger partial charge >= 0.3 is 0 Å². The molecule has 2 aromatic carbocycles. The molecule has 1 heterocycles. The molecule has 0 saturated heterocycles. The minimum Gasteiger partial charge on any atom is -0.295 e. The molecule has 1 atom stereocenters. The molecule has 3 heteroatoms. The standard InChI is InChI=1S/C18H19ClN2/c1-11-8-12(2)10-15(9-11)21-16-7-5-6-13(3)17(16)20-18(21)14(4)19/h5-10,14H,1-4H3. The normalized spacial score (nSPS) is 12.8. The van der Waals surface area contributed by atoms with Crippen molar-refractivity contribution in [1.82, 2.24) is 9.55 Å². The first-order valence-electron chi connectivity index (χ1n) is 7.18. The van der Waals surface area contributed by atoms with E-state index in [0.717, 1.165) is 22.5 Å². The molecule has 0 aliphatic carbocycles. The second kappa shape index (κ2) is 5.19. The molecule has 0 fully saturated rings. The van der Waals surface area contributed by atoms with Gasteiger partial charge in [-0.15, -0.1) is 11.6 Å². The van der Waals surface area contributed by atoms with Crippen molar-refractivity contribution in [1.29, 1.82) is 0 Å². The SMILES string of the molecule is Cc1cc(C)cc(-n2c(C(C)Cl)nc3c(C)cccc32)c1. The first kappa shape index (κ1) is 14.2. The molecule has 0 amide bonds. The Hall–Kier alpha value is -1.80. The Labute approximate surface area is 130 Å². The van der Waals surface area contributed by atoms with E-state index in [1.165, 1.54) is 16.7 Å². The van der Waals surface area contributed by atoms with Crippen molar-refractivity contribution in [3.8, 4) is 5.69 Å². The third kappa shape index (κ3) is 2.44. The van der Waals surface area contributed by atoms with Gasteiger partial charge in [0.25, 0.3) is 0 Å². The molecular formula is C18H19ClN2. The highest BCUT2D eigenvalue weighted by molar-refractivity contribution is 6.20. The summed E-state index contributed by atoms with van der Waals surface area (Å²) in [7, 11) is 0. The quantitative estimate of drug-likeness (QED) is 0.591. The summed E-state index contributed by atoms with van der Waals surface area (Å²) < 4.78 is 2.18. The lowest BCUT2D eigenvalue weighted by atomic mass is 10.1. The highest BCUT2D eigenvalue weighted by atomic mass is 35.5. The van der Waals surface area contributed by atoms with Gasteiger partial charge in [-0.2, -0.15) is 0 Å². The Balaban J connectivity index is 2.39. The van der Waals surface area contributed by atoms with E-state index in [1.54, 1.807) is 0 Å². The zero-order chi connectivity index (χ0) is 15.1. The van der Waals surface area contributed by atoms with Crippen LogP contribution in [-0.4, -0.2) is 9.55 Å². The van der Waals surface area contributed by atoms with Gasteiger partial charge in [0, 0.05) is 5.69 Å². The number of hydrogen-bond acceptors (Lipinski definition) is 1. The summed E-state index contributed by atoms with van der Waals surface area (Å²) in [5.74, 6) is 0.894. The van der Waals surface area contributed by atoms with Gasteiger partial charge in [-0.25, -0.2) is 4.98 Å². The molecule has 0 bridgehead atoms. The van der Waals surface area contributed by atoms with E-state index < -0.39 is 0 Å². The molecule has 2 nitrogen and oxygen atoms in total. The average Bonchev–Trinajstić information content (AvgIpc) is 2.78. The van der Waals surface area contributed by atoms with E-state index in [1.807, 2.05) is 6.92 Å². The topological polar surface area (TPSA) is 17.8 Å². The highest BCUT2D eigenvalue weighted by Gasteiger charge is 2.17. The minimum absolute atomic E-state index is 0.141. The molecule has 108 valence electrons.